The van der Waals surface area contributed by atoms with Gasteiger partial charge in [0.15, 0.2) is 9.84 Å². The number of pyridine rings is 1. The summed E-state index contributed by atoms with van der Waals surface area (Å²) in [5.41, 5.74) is 2.42. The summed E-state index contributed by atoms with van der Waals surface area (Å²) < 4.78 is 31.0. The minimum atomic E-state index is -3.47. The van der Waals surface area contributed by atoms with E-state index in [0.29, 0.717) is 6.61 Å². The summed E-state index contributed by atoms with van der Waals surface area (Å²) >= 11 is 3.45. The fraction of sp³-hybridized carbons (Fsp3) is 0.217. The van der Waals surface area contributed by atoms with Crippen molar-refractivity contribution in [3.8, 4) is 0 Å². The standard InChI is InChI=1S/C23H22BrNO4S/c1-2-29-23(26)7-4-14-30(27,28)21-6-3-5-17(15-21)8-12-20-13-10-18-9-11-19(24)16-22(18)25-20/h3,5-6,8-13,15-16H,2,4,7,14H2,1H3/b12-8+. The molecule has 0 atom stereocenters. The maximum absolute atomic E-state index is 12.6. The van der Waals surface area contributed by atoms with E-state index >= 15 is 0 Å². The van der Waals surface area contributed by atoms with Crippen molar-refractivity contribution >= 4 is 54.8 Å². The summed E-state index contributed by atoms with van der Waals surface area (Å²) in [6.07, 6.45) is 4.02. The Labute approximate surface area is 184 Å². The molecule has 0 saturated carbocycles. The molecule has 0 amide bonds. The lowest BCUT2D eigenvalue weighted by molar-refractivity contribution is -0.143. The molecule has 3 aromatic rings. The van der Waals surface area contributed by atoms with Gasteiger partial charge in [0.2, 0.25) is 0 Å². The highest BCUT2D eigenvalue weighted by molar-refractivity contribution is 9.10. The van der Waals surface area contributed by atoms with Gasteiger partial charge in [-0.15, -0.1) is 0 Å². The van der Waals surface area contributed by atoms with Gasteiger partial charge >= 0.3 is 5.97 Å². The van der Waals surface area contributed by atoms with Crippen LogP contribution in [0.15, 0.2) is 64.0 Å². The molecule has 0 spiro atoms. The molecule has 0 saturated heterocycles. The van der Waals surface area contributed by atoms with Crippen LogP contribution < -0.4 is 0 Å². The number of ether oxygens (including phenoxy) is 1. The first-order valence-corrected chi connectivity index (χ1v) is 12.0. The number of aromatic nitrogens is 1. The van der Waals surface area contributed by atoms with E-state index in [2.05, 4.69) is 20.9 Å². The van der Waals surface area contributed by atoms with Crippen molar-refractivity contribution in [1.29, 1.82) is 0 Å². The second-order valence-corrected chi connectivity index (χ2v) is 9.73. The molecule has 1 heterocycles. The molecule has 1 aromatic heterocycles. The van der Waals surface area contributed by atoms with Crippen LogP contribution in [0.5, 0.6) is 0 Å². The molecule has 0 unspecified atom stereocenters. The van der Waals surface area contributed by atoms with Crippen LogP contribution in [-0.4, -0.2) is 31.7 Å². The second-order valence-electron chi connectivity index (χ2n) is 6.71. The highest BCUT2D eigenvalue weighted by Gasteiger charge is 2.15. The van der Waals surface area contributed by atoms with E-state index in [1.54, 1.807) is 25.1 Å². The molecule has 0 aliphatic carbocycles. The van der Waals surface area contributed by atoms with Gasteiger partial charge in [0.25, 0.3) is 0 Å². The summed E-state index contributed by atoms with van der Waals surface area (Å²) in [7, 11) is -3.47. The van der Waals surface area contributed by atoms with Gasteiger partial charge in [0.05, 0.1) is 28.5 Å². The van der Waals surface area contributed by atoms with Gasteiger partial charge in [-0.3, -0.25) is 4.79 Å². The molecular formula is C23H22BrNO4S. The van der Waals surface area contributed by atoms with Gasteiger partial charge in [-0.2, -0.15) is 0 Å². The fourth-order valence-electron chi connectivity index (χ4n) is 2.95. The largest absolute Gasteiger partial charge is 0.466 e. The quantitative estimate of drug-likeness (QED) is 0.403. The van der Waals surface area contributed by atoms with Crippen LogP contribution in [0.4, 0.5) is 0 Å². The summed E-state index contributed by atoms with van der Waals surface area (Å²) in [6.45, 7) is 2.02. The number of benzene rings is 2. The van der Waals surface area contributed by atoms with Crippen LogP contribution in [0.3, 0.4) is 0 Å². The Morgan fingerprint density at radius 2 is 1.90 bits per heavy atom. The van der Waals surface area contributed by atoms with E-state index in [9.17, 15) is 13.2 Å². The molecule has 5 nitrogen and oxygen atoms in total. The molecule has 7 heteroatoms. The zero-order chi connectivity index (χ0) is 21.6. The van der Waals surface area contributed by atoms with Gasteiger partial charge in [0, 0.05) is 16.3 Å². The second kappa shape index (κ2) is 10.00. The van der Waals surface area contributed by atoms with Gasteiger partial charge in [0.1, 0.15) is 0 Å². The number of nitrogens with zero attached hydrogens (tertiary/aromatic N) is 1. The molecule has 3 rings (SSSR count). The lowest BCUT2D eigenvalue weighted by atomic mass is 10.1. The van der Waals surface area contributed by atoms with Crippen molar-refractivity contribution in [3.05, 3.63) is 70.3 Å². The Kier molecular flexibility index (Phi) is 7.39. The minimum Gasteiger partial charge on any atom is -0.466 e. The first-order chi connectivity index (χ1) is 14.4. The van der Waals surface area contributed by atoms with Crippen molar-refractivity contribution in [3.63, 3.8) is 0 Å². The zero-order valence-corrected chi connectivity index (χ0v) is 18.9. The van der Waals surface area contributed by atoms with Crippen LogP contribution in [-0.2, 0) is 19.4 Å². The summed E-state index contributed by atoms with van der Waals surface area (Å²) in [5, 5.41) is 1.05. The highest BCUT2D eigenvalue weighted by atomic mass is 79.9. The van der Waals surface area contributed by atoms with E-state index in [1.165, 1.54) is 0 Å². The topological polar surface area (TPSA) is 73.3 Å². The number of halogens is 1. The average molecular weight is 488 g/mol. The number of esters is 1. The monoisotopic (exact) mass is 487 g/mol. The highest BCUT2D eigenvalue weighted by Crippen LogP contribution is 2.20. The minimum absolute atomic E-state index is 0.0937. The molecule has 156 valence electrons. The number of hydrogen-bond donors (Lipinski definition) is 0. The first kappa shape index (κ1) is 22.2. The number of rotatable bonds is 8. The molecule has 2 aromatic carbocycles. The molecule has 0 N–H and O–H groups in total. The predicted molar refractivity (Wildman–Crippen MR) is 123 cm³/mol. The SMILES string of the molecule is CCOC(=O)CCCS(=O)(=O)c1cccc(/C=C/c2ccc3ccc(Br)cc3n2)c1. The fourth-order valence-corrected chi connectivity index (χ4v) is 4.66. The maximum atomic E-state index is 12.6. The number of sulfone groups is 1. The van der Waals surface area contributed by atoms with E-state index < -0.39 is 9.84 Å². The molecule has 0 radical (unpaired) electrons. The Bertz CT molecular complexity index is 1190. The van der Waals surface area contributed by atoms with Crippen molar-refractivity contribution in [2.24, 2.45) is 0 Å². The Balaban J connectivity index is 1.72. The molecule has 0 bridgehead atoms. The van der Waals surface area contributed by atoms with E-state index in [-0.39, 0.29) is 29.5 Å². The van der Waals surface area contributed by atoms with Gasteiger partial charge in [-0.05, 0) is 55.3 Å². The Morgan fingerprint density at radius 3 is 2.70 bits per heavy atom. The van der Waals surface area contributed by atoms with E-state index in [0.717, 1.165) is 26.6 Å². The lowest BCUT2D eigenvalue weighted by Gasteiger charge is -2.06. The van der Waals surface area contributed by atoms with Gasteiger partial charge in [-0.25, -0.2) is 13.4 Å². The van der Waals surface area contributed by atoms with Gasteiger partial charge < -0.3 is 4.74 Å². The predicted octanol–water partition coefficient (Wildman–Crippen LogP) is 5.28. The molecule has 0 aliphatic heterocycles. The first-order valence-electron chi connectivity index (χ1n) is 9.60. The zero-order valence-electron chi connectivity index (χ0n) is 16.5. The number of fused-ring (bicyclic) bond motifs is 1. The normalized spacial score (nSPS) is 11.8. The molecular weight excluding hydrogens is 466 g/mol. The van der Waals surface area contributed by atoms with Crippen LogP contribution in [0.1, 0.15) is 31.0 Å². The Morgan fingerprint density at radius 1 is 1.10 bits per heavy atom. The number of hydrogen-bond acceptors (Lipinski definition) is 5. The van der Waals surface area contributed by atoms with Crippen molar-refractivity contribution in [2.75, 3.05) is 12.4 Å². The smallest absolute Gasteiger partial charge is 0.305 e. The lowest BCUT2D eigenvalue weighted by Crippen LogP contribution is -2.10. The third-order valence-electron chi connectivity index (χ3n) is 4.44. The summed E-state index contributed by atoms with van der Waals surface area (Å²) in [5.74, 6) is -0.473. The van der Waals surface area contributed by atoms with Crippen molar-refractivity contribution in [2.45, 2.75) is 24.7 Å². The third kappa shape index (κ3) is 6.00. The number of carbonyl (C=O) groups excluding carboxylic acids is 1. The number of carbonyl (C=O) groups is 1. The Hall–Kier alpha value is -2.51. The molecule has 0 aliphatic rings. The molecule has 0 fully saturated rings. The maximum Gasteiger partial charge on any atom is 0.305 e. The summed E-state index contributed by atoms with van der Waals surface area (Å²) in [4.78, 5) is 16.3. The van der Waals surface area contributed by atoms with Crippen LogP contribution >= 0.6 is 15.9 Å². The van der Waals surface area contributed by atoms with Crippen molar-refractivity contribution < 1.29 is 17.9 Å². The van der Waals surface area contributed by atoms with Gasteiger partial charge in [-0.1, -0.05) is 46.3 Å². The molecule has 30 heavy (non-hydrogen) atoms. The van der Waals surface area contributed by atoms with E-state index in [4.69, 9.17) is 4.74 Å². The van der Waals surface area contributed by atoms with Crippen molar-refractivity contribution in [1.82, 2.24) is 4.98 Å². The van der Waals surface area contributed by atoms with E-state index in [1.807, 2.05) is 48.6 Å². The van der Waals surface area contributed by atoms with Crippen LogP contribution in [0, 0.1) is 0 Å². The average Bonchev–Trinajstić information content (AvgIpc) is 2.72. The van der Waals surface area contributed by atoms with Crippen LogP contribution in [0.2, 0.25) is 0 Å². The van der Waals surface area contributed by atoms with Crippen LogP contribution in [0.25, 0.3) is 23.1 Å². The summed E-state index contributed by atoms with van der Waals surface area (Å²) in [6, 6.07) is 16.6. The third-order valence-corrected chi connectivity index (χ3v) is 6.73.